The summed E-state index contributed by atoms with van der Waals surface area (Å²) >= 11 is 0. The van der Waals surface area contributed by atoms with E-state index in [-0.39, 0.29) is 0 Å². The van der Waals surface area contributed by atoms with Gasteiger partial charge in [-0.05, 0) is 25.3 Å². The van der Waals surface area contributed by atoms with E-state index in [1.807, 2.05) is 0 Å². The molecular weight excluding hydrogens is 232 g/mol. The summed E-state index contributed by atoms with van der Waals surface area (Å²) in [5.74, 6) is 0. The molecule has 17 heavy (non-hydrogen) atoms. The monoisotopic (exact) mass is 262 g/mol. The largest absolute Gasteiger partial charge is 0.412 e. The second kappa shape index (κ2) is 11.2. The van der Waals surface area contributed by atoms with Crippen LogP contribution < -0.4 is 0 Å². The smallest absolute Gasteiger partial charge is 0.242 e. The second-order valence-corrected chi connectivity index (χ2v) is 8.43. The molecule has 104 valence electrons. The van der Waals surface area contributed by atoms with Gasteiger partial charge in [0.2, 0.25) is 8.32 Å². The normalized spacial score (nSPS) is 12.0. The van der Waals surface area contributed by atoms with E-state index < -0.39 is 8.32 Å². The maximum Gasteiger partial charge on any atom is 0.242 e. The number of rotatable bonds is 12. The fourth-order valence-corrected chi connectivity index (χ4v) is 4.09. The molecule has 0 fully saturated rings. The molecule has 4 heteroatoms. The Labute approximate surface area is 108 Å². The Balaban J connectivity index is 4.17. The molecule has 0 atom stereocenters. The van der Waals surface area contributed by atoms with Crippen molar-refractivity contribution >= 4 is 8.32 Å². The standard InChI is InChI=1S/C13H30O3Si/c1-5-9-14-12-17(8-4,16-11-7-3)13-15-10-6-2/h5-13H2,1-4H3. The first-order chi connectivity index (χ1) is 8.24. The Hall–Kier alpha value is 0.0969. The second-order valence-electron chi connectivity index (χ2n) is 4.49. The van der Waals surface area contributed by atoms with Crippen LogP contribution in [0.25, 0.3) is 0 Å². The summed E-state index contributed by atoms with van der Waals surface area (Å²) in [7, 11) is -1.81. The lowest BCUT2D eigenvalue weighted by Crippen LogP contribution is -2.49. The zero-order chi connectivity index (χ0) is 13.0. The quantitative estimate of drug-likeness (QED) is 0.399. The average molecular weight is 262 g/mol. The SMILES string of the molecule is CCCOC[Si](CC)(COCCC)OCCC. The Bertz CT molecular complexity index is 155. The lowest BCUT2D eigenvalue weighted by atomic mass is 10.5. The van der Waals surface area contributed by atoms with E-state index in [4.69, 9.17) is 13.9 Å². The Kier molecular flexibility index (Phi) is 11.3. The van der Waals surface area contributed by atoms with Crippen LogP contribution >= 0.6 is 0 Å². The number of hydrogen-bond donors (Lipinski definition) is 0. The van der Waals surface area contributed by atoms with Crippen LogP contribution in [-0.2, 0) is 13.9 Å². The molecule has 0 amide bonds. The molecule has 0 aromatic carbocycles. The van der Waals surface area contributed by atoms with Gasteiger partial charge in [0, 0.05) is 19.8 Å². The van der Waals surface area contributed by atoms with Gasteiger partial charge >= 0.3 is 0 Å². The van der Waals surface area contributed by atoms with Crippen molar-refractivity contribution in [3.05, 3.63) is 0 Å². The molecule has 0 aliphatic heterocycles. The highest BCUT2D eigenvalue weighted by atomic mass is 28.4. The van der Waals surface area contributed by atoms with E-state index in [1.165, 1.54) is 0 Å². The van der Waals surface area contributed by atoms with Crippen molar-refractivity contribution in [3.63, 3.8) is 0 Å². The molecule has 0 aromatic rings. The van der Waals surface area contributed by atoms with Gasteiger partial charge in [-0.1, -0.05) is 27.7 Å². The van der Waals surface area contributed by atoms with E-state index in [0.29, 0.717) is 0 Å². The van der Waals surface area contributed by atoms with Crippen LogP contribution in [0.5, 0.6) is 0 Å². The van der Waals surface area contributed by atoms with Crippen molar-refractivity contribution in [2.45, 2.75) is 53.0 Å². The molecule has 0 saturated carbocycles. The van der Waals surface area contributed by atoms with E-state index in [2.05, 4.69) is 27.7 Å². The summed E-state index contributed by atoms with van der Waals surface area (Å²) in [4.78, 5) is 0. The van der Waals surface area contributed by atoms with Crippen molar-refractivity contribution in [2.24, 2.45) is 0 Å². The zero-order valence-electron chi connectivity index (χ0n) is 12.1. The minimum Gasteiger partial charge on any atom is -0.412 e. The molecule has 0 unspecified atom stereocenters. The average Bonchev–Trinajstić information content (AvgIpc) is 2.36. The van der Waals surface area contributed by atoms with Gasteiger partial charge in [0.1, 0.15) is 0 Å². The molecule has 0 radical (unpaired) electrons. The van der Waals surface area contributed by atoms with E-state index in [0.717, 1.165) is 57.6 Å². The highest BCUT2D eigenvalue weighted by Crippen LogP contribution is 2.14. The molecule has 0 bridgehead atoms. The van der Waals surface area contributed by atoms with Gasteiger partial charge in [-0.15, -0.1) is 0 Å². The Morgan fingerprint density at radius 1 is 0.706 bits per heavy atom. The summed E-state index contributed by atoms with van der Waals surface area (Å²) in [6.45, 7) is 11.1. The number of hydrogen-bond acceptors (Lipinski definition) is 3. The molecular formula is C13H30O3Si. The van der Waals surface area contributed by atoms with Crippen LogP contribution in [0.15, 0.2) is 0 Å². The minimum absolute atomic E-state index is 0.779. The van der Waals surface area contributed by atoms with Crippen molar-refractivity contribution in [2.75, 3.05) is 32.3 Å². The third-order valence-corrected chi connectivity index (χ3v) is 6.25. The van der Waals surface area contributed by atoms with Gasteiger partial charge in [0.05, 0.1) is 12.5 Å². The van der Waals surface area contributed by atoms with Gasteiger partial charge in [-0.2, -0.15) is 0 Å². The topological polar surface area (TPSA) is 27.7 Å². The van der Waals surface area contributed by atoms with Crippen LogP contribution in [-0.4, -0.2) is 40.6 Å². The van der Waals surface area contributed by atoms with Crippen LogP contribution in [0.1, 0.15) is 47.0 Å². The van der Waals surface area contributed by atoms with Crippen molar-refractivity contribution in [3.8, 4) is 0 Å². The predicted octanol–water partition coefficient (Wildman–Crippen LogP) is 3.31. The van der Waals surface area contributed by atoms with Crippen LogP contribution in [0, 0.1) is 0 Å². The third kappa shape index (κ3) is 7.92. The summed E-state index contributed by atoms with van der Waals surface area (Å²) in [6.07, 6.45) is 4.76. The predicted molar refractivity (Wildman–Crippen MR) is 74.7 cm³/mol. The molecule has 0 aliphatic rings. The van der Waals surface area contributed by atoms with Crippen molar-refractivity contribution in [1.29, 1.82) is 0 Å². The van der Waals surface area contributed by atoms with Gasteiger partial charge in [-0.25, -0.2) is 0 Å². The first-order valence-electron chi connectivity index (χ1n) is 7.04. The molecule has 0 spiro atoms. The minimum atomic E-state index is -1.81. The first kappa shape index (κ1) is 17.1. The zero-order valence-corrected chi connectivity index (χ0v) is 13.1. The molecule has 3 nitrogen and oxygen atoms in total. The maximum absolute atomic E-state index is 6.11. The molecule has 0 N–H and O–H groups in total. The highest BCUT2D eigenvalue weighted by Gasteiger charge is 2.34. The fourth-order valence-electron chi connectivity index (χ4n) is 1.55. The van der Waals surface area contributed by atoms with Gasteiger partial charge in [-0.3, -0.25) is 0 Å². The van der Waals surface area contributed by atoms with Gasteiger partial charge in [0.15, 0.2) is 0 Å². The van der Waals surface area contributed by atoms with E-state index in [9.17, 15) is 0 Å². The van der Waals surface area contributed by atoms with E-state index >= 15 is 0 Å². The summed E-state index contributed by atoms with van der Waals surface area (Å²) < 4.78 is 17.6. The van der Waals surface area contributed by atoms with Crippen molar-refractivity contribution < 1.29 is 13.9 Å². The first-order valence-corrected chi connectivity index (χ1v) is 9.57. The lowest BCUT2D eigenvalue weighted by Gasteiger charge is -2.29. The number of ether oxygens (including phenoxy) is 2. The fraction of sp³-hybridized carbons (Fsp3) is 1.00. The molecule has 0 heterocycles. The van der Waals surface area contributed by atoms with Gasteiger partial charge < -0.3 is 13.9 Å². The van der Waals surface area contributed by atoms with Crippen LogP contribution in [0.2, 0.25) is 6.04 Å². The van der Waals surface area contributed by atoms with Crippen molar-refractivity contribution in [1.82, 2.24) is 0 Å². The summed E-state index contributed by atoms with van der Waals surface area (Å²) in [5.41, 5.74) is 0. The highest BCUT2D eigenvalue weighted by molar-refractivity contribution is 6.73. The lowest BCUT2D eigenvalue weighted by molar-refractivity contribution is 0.117. The van der Waals surface area contributed by atoms with Crippen LogP contribution in [0.3, 0.4) is 0 Å². The summed E-state index contributed by atoms with van der Waals surface area (Å²) in [6, 6.07) is 1.07. The maximum atomic E-state index is 6.11. The molecule has 0 aliphatic carbocycles. The molecule has 0 saturated heterocycles. The molecule has 0 rings (SSSR count). The van der Waals surface area contributed by atoms with Gasteiger partial charge in [0.25, 0.3) is 0 Å². The summed E-state index contributed by atoms with van der Waals surface area (Å²) in [5, 5.41) is 0. The Morgan fingerprint density at radius 3 is 1.53 bits per heavy atom. The van der Waals surface area contributed by atoms with Crippen LogP contribution in [0.4, 0.5) is 0 Å². The van der Waals surface area contributed by atoms with E-state index in [1.54, 1.807) is 0 Å². The molecule has 0 aromatic heterocycles. The Morgan fingerprint density at radius 2 is 1.18 bits per heavy atom. The third-order valence-electron chi connectivity index (χ3n) is 2.68.